The van der Waals surface area contributed by atoms with E-state index in [4.69, 9.17) is 9.84 Å². The van der Waals surface area contributed by atoms with Crippen LogP contribution in [0.25, 0.3) is 5.78 Å². The van der Waals surface area contributed by atoms with Crippen molar-refractivity contribution in [3.05, 3.63) is 28.4 Å². The molecule has 2 aliphatic heterocycles. The number of hydrogen-bond donors (Lipinski definition) is 2. The van der Waals surface area contributed by atoms with Gasteiger partial charge >= 0.3 is 5.97 Å². The molecule has 2 aliphatic rings. The van der Waals surface area contributed by atoms with E-state index in [1.165, 1.54) is 16.9 Å². The number of fused-ring (bicyclic) bond motifs is 1. The van der Waals surface area contributed by atoms with Crippen molar-refractivity contribution in [2.24, 2.45) is 5.92 Å². The molecule has 10 heteroatoms. The highest BCUT2D eigenvalue weighted by atomic mass is 16.5. The molecule has 2 aromatic heterocycles. The zero-order chi connectivity index (χ0) is 19.5. The molecule has 2 saturated heterocycles. The SMILES string of the molecule is O=C(O)CC[C@@H]1CN(Cc2cc(=O)n3[nH]cnc3n2)CC[C@@H]1N1CCOCC1. The number of ether oxygens (including phenoxy) is 1. The Labute approximate surface area is 162 Å². The minimum Gasteiger partial charge on any atom is -0.481 e. The van der Waals surface area contributed by atoms with Gasteiger partial charge in [0.05, 0.1) is 18.9 Å². The van der Waals surface area contributed by atoms with E-state index in [1.807, 2.05) is 0 Å². The number of aromatic nitrogens is 4. The molecule has 0 radical (unpaired) electrons. The van der Waals surface area contributed by atoms with Crippen molar-refractivity contribution in [3.63, 3.8) is 0 Å². The third-order valence-electron chi connectivity index (χ3n) is 5.73. The Balaban J connectivity index is 1.46. The Bertz CT molecular complexity index is 874. The van der Waals surface area contributed by atoms with Crippen LogP contribution in [-0.2, 0) is 16.1 Å². The molecule has 2 aromatic rings. The van der Waals surface area contributed by atoms with E-state index in [-0.39, 0.29) is 17.9 Å². The molecule has 2 N–H and O–H groups in total. The van der Waals surface area contributed by atoms with E-state index >= 15 is 0 Å². The van der Waals surface area contributed by atoms with Gasteiger partial charge < -0.3 is 9.84 Å². The number of hydrogen-bond acceptors (Lipinski definition) is 7. The lowest BCUT2D eigenvalue weighted by molar-refractivity contribution is -0.137. The van der Waals surface area contributed by atoms with E-state index in [2.05, 4.69) is 24.9 Å². The fourth-order valence-electron chi connectivity index (χ4n) is 4.40. The number of morpholine rings is 1. The standard InChI is InChI=1S/C18H26N6O4/c25-16-9-14(21-18-19-12-20-24(16)18)11-22-4-3-15(23-5-7-28-8-6-23)13(10-22)1-2-17(26)27/h9,12-13,15H,1-8,10-11H2,(H,26,27)(H,19,20,21)/t13-,15+/m1/s1. The van der Waals surface area contributed by atoms with Gasteiger partial charge in [-0.05, 0) is 18.8 Å². The van der Waals surface area contributed by atoms with Gasteiger partial charge in [-0.15, -0.1) is 0 Å². The maximum absolute atomic E-state index is 12.2. The first-order valence-corrected chi connectivity index (χ1v) is 9.78. The normalized spacial score (nSPS) is 24.6. The van der Waals surface area contributed by atoms with Crippen LogP contribution in [0, 0.1) is 5.92 Å². The molecule has 0 aliphatic carbocycles. The summed E-state index contributed by atoms with van der Waals surface area (Å²) >= 11 is 0. The van der Waals surface area contributed by atoms with E-state index in [0.717, 1.165) is 45.8 Å². The Morgan fingerprint density at radius 2 is 2.14 bits per heavy atom. The van der Waals surface area contributed by atoms with Gasteiger partial charge in [0, 0.05) is 51.3 Å². The lowest BCUT2D eigenvalue weighted by Crippen LogP contribution is -2.54. The highest BCUT2D eigenvalue weighted by molar-refractivity contribution is 5.66. The van der Waals surface area contributed by atoms with Crippen LogP contribution in [0.2, 0.25) is 0 Å². The summed E-state index contributed by atoms with van der Waals surface area (Å²) < 4.78 is 6.78. The molecule has 2 atom stereocenters. The summed E-state index contributed by atoms with van der Waals surface area (Å²) in [6.07, 6.45) is 3.26. The predicted octanol–water partition coefficient (Wildman–Crippen LogP) is -0.195. The number of likely N-dealkylation sites (tertiary alicyclic amines) is 1. The second kappa shape index (κ2) is 8.38. The molecular formula is C18H26N6O4. The lowest BCUT2D eigenvalue weighted by Gasteiger charge is -2.45. The van der Waals surface area contributed by atoms with Crippen LogP contribution in [0.15, 0.2) is 17.2 Å². The largest absolute Gasteiger partial charge is 0.481 e. The van der Waals surface area contributed by atoms with Crippen LogP contribution in [0.5, 0.6) is 0 Å². The van der Waals surface area contributed by atoms with Crippen LogP contribution >= 0.6 is 0 Å². The molecule has 4 rings (SSSR count). The van der Waals surface area contributed by atoms with Gasteiger partial charge in [0.15, 0.2) is 0 Å². The van der Waals surface area contributed by atoms with Crippen molar-refractivity contribution in [1.29, 1.82) is 0 Å². The van der Waals surface area contributed by atoms with Gasteiger partial charge in [-0.3, -0.25) is 24.5 Å². The molecule has 10 nitrogen and oxygen atoms in total. The first kappa shape index (κ1) is 19.0. The highest BCUT2D eigenvalue weighted by Gasteiger charge is 2.34. The molecule has 152 valence electrons. The number of aliphatic carboxylic acids is 1. The smallest absolute Gasteiger partial charge is 0.303 e. The van der Waals surface area contributed by atoms with Gasteiger partial charge in [-0.1, -0.05) is 0 Å². The number of nitrogens with one attached hydrogen (secondary N) is 1. The summed E-state index contributed by atoms with van der Waals surface area (Å²) in [4.78, 5) is 36.5. The van der Waals surface area contributed by atoms with Gasteiger partial charge in [-0.2, -0.15) is 4.52 Å². The number of rotatable bonds is 6. The van der Waals surface area contributed by atoms with E-state index in [0.29, 0.717) is 30.5 Å². The van der Waals surface area contributed by atoms with E-state index in [9.17, 15) is 9.59 Å². The fourth-order valence-corrected chi connectivity index (χ4v) is 4.40. The predicted molar refractivity (Wildman–Crippen MR) is 100 cm³/mol. The van der Waals surface area contributed by atoms with Crippen molar-refractivity contribution in [1.82, 2.24) is 29.4 Å². The Morgan fingerprint density at radius 3 is 2.93 bits per heavy atom. The summed E-state index contributed by atoms with van der Waals surface area (Å²) in [5.41, 5.74) is 0.516. The van der Waals surface area contributed by atoms with Crippen molar-refractivity contribution >= 4 is 11.7 Å². The van der Waals surface area contributed by atoms with Crippen molar-refractivity contribution in [2.45, 2.75) is 31.8 Å². The minimum atomic E-state index is -0.753. The molecule has 0 spiro atoms. The number of carboxylic acid groups (broad SMARTS) is 1. The molecule has 4 heterocycles. The zero-order valence-electron chi connectivity index (χ0n) is 15.8. The Kier molecular flexibility index (Phi) is 5.69. The van der Waals surface area contributed by atoms with Crippen molar-refractivity contribution < 1.29 is 14.6 Å². The van der Waals surface area contributed by atoms with E-state index in [1.54, 1.807) is 0 Å². The zero-order valence-corrected chi connectivity index (χ0v) is 15.8. The third kappa shape index (κ3) is 4.23. The number of carboxylic acids is 1. The van der Waals surface area contributed by atoms with Crippen LogP contribution in [0.4, 0.5) is 0 Å². The fraction of sp³-hybridized carbons (Fsp3) is 0.667. The first-order chi connectivity index (χ1) is 13.6. The van der Waals surface area contributed by atoms with Gasteiger partial charge in [-0.25, -0.2) is 9.97 Å². The topological polar surface area (TPSA) is 116 Å². The summed E-state index contributed by atoms with van der Waals surface area (Å²) in [5.74, 6) is -0.109. The molecular weight excluding hydrogens is 364 g/mol. The monoisotopic (exact) mass is 390 g/mol. The molecule has 28 heavy (non-hydrogen) atoms. The highest BCUT2D eigenvalue weighted by Crippen LogP contribution is 2.27. The third-order valence-corrected chi connectivity index (χ3v) is 5.73. The first-order valence-electron chi connectivity index (χ1n) is 9.78. The molecule has 2 fully saturated rings. The molecule has 0 aromatic carbocycles. The summed E-state index contributed by atoms with van der Waals surface area (Å²) in [5, 5.41) is 11.9. The minimum absolute atomic E-state index is 0.178. The number of piperidine rings is 1. The van der Waals surface area contributed by atoms with Crippen LogP contribution in [0.3, 0.4) is 0 Å². The second-order valence-corrected chi connectivity index (χ2v) is 7.54. The summed E-state index contributed by atoms with van der Waals surface area (Å²) in [7, 11) is 0. The second-order valence-electron chi connectivity index (χ2n) is 7.54. The number of aromatic amines is 1. The van der Waals surface area contributed by atoms with Crippen LogP contribution in [-0.4, -0.2) is 85.9 Å². The maximum Gasteiger partial charge on any atom is 0.303 e. The Morgan fingerprint density at radius 1 is 1.32 bits per heavy atom. The van der Waals surface area contributed by atoms with Crippen LogP contribution < -0.4 is 5.56 Å². The average molecular weight is 390 g/mol. The van der Waals surface area contributed by atoms with Crippen molar-refractivity contribution in [2.75, 3.05) is 39.4 Å². The summed E-state index contributed by atoms with van der Waals surface area (Å²) in [6.45, 7) is 5.56. The van der Waals surface area contributed by atoms with Crippen molar-refractivity contribution in [3.8, 4) is 0 Å². The van der Waals surface area contributed by atoms with Crippen LogP contribution in [0.1, 0.15) is 25.0 Å². The maximum atomic E-state index is 12.2. The lowest BCUT2D eigenvalue weighted by atomic mass is 9.86. The molecule has 0 saturated carbocycles. The average Bonchev–Trinajstić information content (AvgIpc) is 3.16. The quantitative estimate of drug-likeness (QED) is 0.697. The van der Waals surface area contributed by atoms with Gasteiger partial charge in [0.2, 0.25) is 0 Å². The molecule has 0 amide bonds. The number of H-pyrrole nitrogens is 1. The summed E-state index contributed by atoms with van der Waals surface area (Å²) in [6, 6.07) is 1.91. The molecule has 0 unspecified atom stereocenters. The van der Waals surface area contributed by atoms with Gasteiger partial charge in [0.1, 0.15) is 6.33 Å². The number of nitrogens with zero attached hydrogens (tertiary/aromatic N) is 5. The number of carbonyl (C=O) groups is 1. The van der Waals surface area contributed by atoms with Gasteiger partial charge in [0.25, 0.3) is 11.3 Å². The van der Waals surface area contributed by atoms with E-state index < -0.39 is 5.97 Å². The Hall–Kier alpha value is -2.30. The molecule has 0 bridgehead atoms.